The topological polar surface area (TPSA) is 161 Å². The van der Waals surface area contributed by atoms with Crippen molar-refractivity contribution >= 4 is 68.1 Å². The molecule has 5 aromatic rings. The van der Waals surface area contributed by atoms with E-state index in [1.807, 2.05) is 103 Å². The summed E-state index contributed by atoms with van der Waals surface area (Å²) in [5.41, 5.74) is 10.5. The lowest BCUT2D eigenvalue weighted by atomic mass is 9.98. The molecule has 3 atom stereocenters. The zero-order valence-electron chi connectivity index (χ0n) is 42.8. The van der Waals surface area contributed by atoms with Gasteiger partial charge in [-0.1, -0.05) is 58.0 Å². The predicted octanol–water partition coefficient (Wildman–Crippen LogP) is 11.2. The van der Waals surface area contributed by atoms with E-state index in [2.05, 4.69) is 17.4 Å². The van der Waals surface area contributed by atoms with Crippen LogP contribution in [0.1, 0.15) is 118 Å². The van der Waals surface area contributed by atoms with Gasteiger partial charge in [-0.15, -0.1) is 0 Å². The van der Waals surface area contributed by atoms with E-state index in [-0.39, 0.29) is 78.6 Å². The Morgan fingerprint density at radius 1 is 0.743 bits per heavy atom. The second-order valence-corrected chi connectivity index (χ2v) is 23.5. The highest BCUT2D eigenvalue weighted by Gasteiger charge is 2.39. The number of para-hydroxylation sites is 2. The van der Waals surface area contributed by atoms with Crippen molar-refractivity contribution in [2.24, 2.45) is 5.92 Å². The molecule has 15 heteroatoms. The lowest BCUT2D eigenvalue weighted by Gasteiger charge is -2.24. The Bertz CT molecular complexity index is 2960. The summed E-state index contributed by atoms with van der Waals surface area (Å²) in [4.78, 5) is 70.4. The second-order valence-electron chi connectivity index (χ2n) is 20.5. The number of fused-ring (bicyclic) bond motifs is 8. The predicted molar refractivity (Wildman–Crippen MR) is 291 cm³/mol. The normalized spacial score (nSPS) is 16.9. The number of Topliss-reactive ketones (excluding diaryl/α,β-unsaturated/α-hetero) is 1. The van der Waals surface area contributed by atoms with Gasteiger partial charge < -0.3 is 39.2 Å². The molecule has 0 radical (unpaired) electrons. The number of aliphatic carboxylic acids is 1. The molecular weight excluding hydrogens is 975 g/mol. The number of rotatable bonds is 22. The van der Waals surface area contributed by atoms with Crippen LogP contribution < -0.4 is 29.3 Å². The number of nitrogens with one attached hydrogen (secondary N) is 1. The lowest BCUT2D eigenvalue weighted by molar-refractivity contribution is -0.142. The van der Waals surface area contributed by atoms with E-state index in [1.165, 1.54) is 32.7 Å². The van der Waals surface area contributed by atoms with Crippen LogP contribution in [-0.4, -0.2) is 78.0 Å². The smallest absolute Gasteiger partial charge is 0.307 e. The van der Waals surface area contributed by atoms with Crippen LogP contribution in [0.3, 0.4) is 0 Å². The molecule has 5 aromatic carbocycles. The fourth-order valence-electron chi connectivity index (χ4n) is 10.7. The van der Waals surface area contributed by atoms with Crippen LogP contribution in [0, 0.1) is 12.8 Å². The number of carboxylic acid groups (broad SMARTS) is 1. The lowest BCUT2D eigenvalue weighted by Crippen LogP contribution is -2.36. The minimum atomic E-state index is -0.995. The van der Waals surface area contributed by atoms with Gasteiger partial charge in [-0.25, -0.2) is 0 Å². The van der Waals surface area contributed by atoms with E-state index in [1.54, 1.807) is 20.3 Å². The van der Waals surface area contributed by atoms with Gasteiger partial charge in [-0.05, 0) is 166 Å². The molecule has 13 nitrogen and oxygen atoms in total. The fourth-order valence-corrected chi connectivity index (χ4v) is 13.6. The van der Waals surface area contributed by atoms with Crippen LogP contribution in [0.4, 0.5) is 17.1 Å². The number of amides is 3. The number of hydrogen-bond acceptors (Lipinski definition) is 11. The van der Waals surface area contributed by atoms with Crippen LogP contribution in [0.25, 0.3) is 0 Å². The van der Waals surface area contributed by atoms with Gasteiger partial charge in [0, 0.05) is 83.8 Å². The van der Waals surface area contributed by atoms with Crippen molar-refractivity contribution in [2.75, 3.05) is 41.7 Å². The maximum absolute atomic E-state index is 14.2. The summed E-state index contributed by atoms with van der Waals surface area (Å²) in [5.74, 6) is -0.186. The highest BCUT2D eigenvalue weighted by molar-refractivity contribution is 8.77. The zero-order valence-corrected chi connectivity index (χ0v) is 44.5. The summed E-state index contributed by atoms with van der Waals surface area (Å²) in [5, 5.41) is 12.9. The number of carboxylic acids is 1. The highest BCUT2D eigenvalue weighted by atomic mass is 33.1. The summed E-state index contributed by atoms with van der Waals surface area (Å²) < 4.78 is 23.6. The second kappa shape index (κ2) is 23.1. The van der Waals surface area contributed by atoms with Crippen molar-refractivity contribution in [2.45, 2.75) is 121 Å². The van der Waals surface area contributed by atoms with Gasteiger partial charge >= 0.3 is 5.97 Å². The summed E-state index contributed by atoms with van der Waals surface area (Å²) in [6, 6.07) is 29.9. The van der Waals surface area contributed by atoms with Crippen molar-refractivity contribution in [3.8, 4) is 17.2 Å². The number of hydrogen-bond donors (Lipinski definition) is 2. The average molecular weight is 1040 g/mol. The zero-order chi connectivity index (χ0) is 52.1. The Balaban J connectivity index is 0.901. The molecule has 4 heterocycles. The number of aryl methyl sites for hydroxylation is 3. The van der Waals surface area contributed by atoms with E-state index in [0.717, 1.165) is 71.3 Å². The summed E-state index contributed by atoms with van der Waals surface area (Å²) in [6.45, 7) is 6.75. The number of nitrogens with zero attached hydrogens (tertiary/aromatic N) is 2. The van der Waals surface area contributed by atoms with E-state index in [4.69, 9.17) is 18.9 Å². The van der Waals surface area contributed by atoms with Crippen LogP contribution in [-0.2, 0) is 58.0 Å². The molecule has 0 aromatic heterocycles. The third-order valence-corrected chi connectivity index (χ3v) is 18.0. The number of anilines is 3. The number of methoxy groups -OCH3 is 2. The van der Waals surface area contributed by atoms with Gasteiger partial charge in [0.25, 0.3) is 11.8 Å². The molecule has 0 spiro atoms. The first kappa shape index (κ1) is 52.6. The Labute approximate surface area is 441 Å². The first-order valence-corrected chi connectivity index (χ1v) is 27.9. The molecule has 74 heavy (non-hydrogen) atoms. The minimum absolute atomic E-state index is 0.0179. The number of benzene rings is 5. The van der Waals surface area contributed by atoms with Crippen molar-refractivity contribution in [3.63, 3.8) is 0 Å². The minimum Gasteiger partial charge on any atom is -0.493 e. The van der Waals surface area contributed by atoms with Crippen molar-refractivity contribution in [1.29, 1.82) is 0 Å². The first-order valence-electron chi connectivity index (χ1n) is 25.6. The van der Waals surface area contributed by atoms with Gasteiger partial charge in [0.1, 0.15) is 24.7 Å². The molecule has 0 saturated heterocycles. The summed E-state index contributed by atoms with van der Waals surface area (Å²) in [7, 11) is 6.07. The van der Waals surface area contributed by atoms with Crippen LogP contribution in [0.5, 0.6) is 17.2 Å². The highest BCUT2D eigenvalue weighted by Crippen LogP contribution is 2.43. The van der Waals surface area contributed by atoms with E-state index >= 15 is 0 Å². The van der Waals surface area contributed by atoms with Gasteiger partial charge in [-0.3, -0.25) is 24.0 Å². The van der Waals surface area contributed by atoms with Gasteiger partial charge in [0.05, 0.1) is 13.0 Å². The standard InChI is InChI=1S/C59H65N3O10S2/c1-36-23-48-39(16-18-45-27-41-11-6-8-14-50(41)61(45)56(48)65)30-52(36)71-33-37-24-38(26-44(25-37)60-55(64)20-21-59(2,3)74-73-35-43(58(67)68)29-47(63)13-10-22-69-4)34-72-54-31-40-17-19-46-28-42-12-7-9-15-51(42)62(46)57(66)49(40)32-53(54)70-5/h6-9,11-12,14-15,23-26,30-32,43,45-46H,10,13,16-22,27-29,33-35H2,1-5H3,(H,60,64)(H,67,68)/t43?,45-,46-/m1/s1. The number of ether oxygens (including phenoxy) is 4. The third-order valence-electron chi connectivity index (χ3n) is 14.6. The molecule has 0 fully saturated rings. The van der Waals surface area contributed by atoms with Crippen LogP contribution in [0.2, 0.25) is 0 Å². The van der Waals surface area contributed by atoms with Crippen molar-refractivity contribution in [1.82, 2.24) is 0 Å². The molecule has 388 valence electrons. The number of ketones is 1. The molecule has 2 N–H and O–H groups in total. The Kier molecular flexibility index (Phi) is 16.4. The van der Waals surface area contributed by atoms with Crippen LogP contribution >= 0.6 is 21.6 Å². The molecule has 4 aliphatic heterocycles. The quantitative estimate of drug-likeness (QED) is 0.0499. The van der Waals surface area contributed by atoms with Gasteiger partial charge in [0.15, 0.2) is 11.5 Å². The molecule has 4 aliphatic rings. The molecule has 0 aliphatic carbocycles. The van der Waals surface area contributed by atoms with Crippen molar-refractivity contribution in [3.05, 3.63) is 141 Å². The van der Waals surface area contributed by atoms with Gasteiger partial charge in [0.2, 0.25) is 5.91 Å². The van der Waals surface area contributed by atoms with E-state index in [9.17, 15) is 29.1 Å². The Morgan fingerprint density at radius 2 is 1.32 bits per heavy atom. The number of carbonyl (C=O) groups is 5. The largest absolute Gasteiger partial charge is 0.493 e. The molecule has 0 bridgehead atoms. The molecule has 3 amide bonds. The summed E-state index contributed by atoms with van der Waals surface area (Å²) >= 11 is 0. The van der Waals surface area contributed by atoms with Gasteiger partial charge in [-0.2, -0.15) is 0 Å². The average Bonchev–Trinajstić information content (AvgIpc) is 3.88. The fraction of sp³-hybridized carbons (Fsp3) is 0.407. The first-order chi connectivity index (χ1) is 35.7. The molecular formula is C59H65N3O10S2. The monoisotopic (exact) mass is 1040 g/mol. The maximum atomic E-state index is 14.2. The third kappa shape index (κ3) is 12.0. The van der Waals surface area contributed by atoms with Crippen molar-refractivity contribution < 1.29 is 48.0 Å². The molecule has 0 saturated carbocycles. The SMILES string of the molecule is COCCCC(=O)CC(CSSC(C)(C)CCC(=O)Nc1cc(COc2cc3c(cc2C)C(=O)N2c4ccccc4C[C@H]2CC3)cc(COc2cc3c(cc2OC)C(=O)N2c4ccccc4C[C@H]2CC3)c1)C(=O)O. The molecule has 1 unspecified atom stereocenters. The summed E-state index contributed by atoms with van der Waals surface area (Å²) in [6.07, 6.45) is 6.32. The number of carbonyl (C=O) groups excluding carboxylic acids is 4. The van der Waals surface area contributed by atoms with E-state index < -0.39 is 11.9 Å². The maximum Gasteiger partial charge on any atom is 0.307 e. The van der Waals surface area contributed by atoms with E-state index in [0.29, 0.717) is 59.9 Å². The Morgan fingerprint density at radius 3 is 1.92 bits per heavy atom. The molecule has 9 rings (SSSR count). The van der Waals surface area contributed by atoms with Crippen LogP contribution in [0.15, 0.2) is 91.0 Å². The Hall–Kier alpha value is -6.29.